The molecule has 0 unspecified atom stereocenters. The van der Waals surface area contributed by atoms with E-state index in [4.69, 9.17) is 14.3 Å². The van der Waals surface area contributed by atoms with Crippen LogP contribution in [-0.2, 0) is 11.2 Å². The molecule has 0 aliphatic heterocycles. The van der Waals surface area contributed by atoms with Crippen LogP contribution in [0.25, 0.3) is 11.3 Å². The molecule has 0 amide bonds. The summed E-state index contributed by atoms with van der Waals surface area (Å²) in [6.07, 6.45) is 5.12. The molecule has 0 spiro atoms. The van der Waals surface area contributed by atoms with Crippen molar-refractivity contribution in [2.75, 3.05) is 6.61 Å². The van der Waals surface area contributed by atoms with Crippen LogP contribution in [0.15, 0.2) is 71.3 Å². The van der Waals surface area contributed by atoms with Gasteiger partial charge in [-0.1, -0.05) is 42.5 Å². The zero-order valence-corrected chi connectivity index (χ0v) is 16.9. The number of carboxylic acids is 1. The molecule has 2 aromatic carbocycles. The quantitative estimate of drug-likeness (QED) is 0.304. The number of ketones is 1. The second-order valence-corrected chi connectivity index (χ2v) is 7.14. The van der Waals surface area contributed by atoms with Crippen LogP contribution >= 0.6 is 0 Å². The third-order valence-corrected chi connectivity index (χ3v) is 4.90. The summed E-state index contributed by atoms with van der Waals surface area (Å²) in [4.78, 5) is 23.1. The lowest BCUT2D eigenvalue weighted by Crippen LogP contribution is -2.04. The summed E-state index contributed by atoms with van der Waals surface area (Å²) >= 11 is 0. The molecule has 0 aliphatic carbocycles. The molecule has 0 bridgehead atoms. The maximum atomic E-state index is 12.6. The Balaban J connectivity index is 1.49. The zero-order valence-electron chi connectivity index (χ0n) is 16.9. The van der Waals surface area contributed by atoms with Crippen molar-refractivity contribution in [3.8, 4) is 17.1 Å². The van der Waals surface area contributed by atoms with Crippen molar-refractivity contribution in [3.63, 3.8) is 0 Å². The minimum absolute atomic E-state index is 0.0875. The van der Waals surface area contributed by atoms with Crippen LogP contribution in [0.1, 0.15) is 48.0 Å². The lowest BCUT2D eigenvalue weighted by atomic mass is 10.0. The number of aryl methyl sites for hydroxylation is 1. The van der Waals surface area contributed by atoms with E-state index in [-0.39, 0.29) is 12.2 Å². The summed E-state index contributed by atoms with van der Waals surface area (Å²) in [5, 5.41) is 8.66. The van der Waals surface area contributed by atoms with Crippen molar-refractivity contribution in [2.45, 2.75) is 38.5 Å². The summed E-state index contributed by atoms with van der Waals surface area (Å²) in [5.41, 5.74) is 2.63. The number of hydrogen-bond donors (Lipinski definition) is 1. The van der Waals surface area contributed by atoms with Crippen LogP contribution in [0.5, 0.6) is 5.75 Å². The molecule has 0 saturated heterocycles. The Bertz CT molecular complexity index is 942. The number of carbonyl (C=O) groups is 2. The van der Waals surface area contributed by atoms with Crippen LogP contribution in [-0.4, -0.2) is 23.5 Å². The Morgan fingerprint density at radius 2 is 1.67 bits per heavy atom. The number of Topliss-reactive ketones (excluding diaryl/α,β-unsaturated/α-hetero) is 1. The van der Waals surface area contributed by atoms with Crippen LogP contribution in [0, 0.1) is 0 Å². The van der Waals surface area contributed by atoms with Crippen LogP contribution < -0.4 is 4.74 Å². The number of ether oxygens (including phenoxy) is 1. The summed E-state index contributed by atoms with van der Waals surface area (Å²) in [6, 6.07) is 18.9. The zero-order chi connectivity index (χ0) is 21.2. The van der Waals surface area contributed by atoms with Gasteiger partial charge in [-0.15, -0.1) is 0 Å². The van der Waals surface area contributed by atoms with E-state index in [1.54, 1.807) is 6.26 Å². The molecular weight excluding hydrogens is 380 g/mol. The summed E-state index contributed by atoms with van der Waals surface area (Å²) in [7, 11) is 0. The number of hydrogen-bond acceptors (Lipinski definition) is 4. The molecule has 5 heteroatoms. The highest BCUT2D eigenvalue weighted by Gasteiger charge is 2.10. The van der Waals surface area contributed by atoms with Gasteiger partial charge < -0.3 is 14.3 Å². The molecular formula is C25H26O5. The normalized spacial score (nSPS) is 10.7. The topological polar surface area (TPSA) is 76.7 Å². The van der Waals surface area contributed by atoms with Gasteiger partial charge >= 0.3 is 5.97 Å². The Morgan fingerprint density at radius 3 is 2.40 bits per heavy atom. The predicted octanol–water partition coefficient (Wildman–Crippen LogP) is 5.79. The number of rotatable bonds is 12. The predicted molar refractivity (Wildman–Crippen MR) is 115 cm³/mol. The van der Waals surface area contributed by atoms with Crippen molar-refractivity contribution in [1.82, 2.24) is 0 Å². The molecule has 1 aromatic heterocycles. The van der Waals surface area contributed by atoms with E-state index in [0.717, 1.165) is 35.5 Å². The highest BCUT2D eigenvalue weighted by molar-refractivity contribution is 5.96. The Hall–Kier alpha value is -3.34. The summed E-state index contributed by atoms with van der Waals surface area (Å²) in [5.74, 6) is 0.894. The van der Waals surface area contributed by atoms with Gasteiger partial charge in [-0.05, 0) is 49.4 Å². The van der Waals surface area contributed by atoms with Gasteiger partial charge in [0.05, 0.1) is 12.9 Å². The SMILES string of the molecule is O=C(O)CCCCCOc1ccccc1CCC(=O)c1ccc(-c2ccco2)cc1. The molecule has 156 valence electrons. The van der Waals surface area contributed by atoms with Crippen LogP contribution in [0.3, 0.4) is 0 Å². The number of aliphatic carboxylic acids is 1. The van der Waals surface area contributed by atoms with Gasteiger partial charge in [-0.25, -0.2) is 0 Å². The first-order valence-corrected chi connectivity index (χ1v) is 10.2. The van der Waals surface area contributed by atoms with E-state index in [9.17, 15) is 9.59 Å². The third kappa shape index (κ3) is 6.34. The first kappa shape index (κ1) is 21.4. The van der Waals surface area contributed by atoms with Gasteiger partial charge in [-0.2, -0.15) is 0 Å². The van der Waals surface area contributed by atoms with Gasteiger partial charge in [0, 0.05) is 24.0 Å². The van der Waals surface area contributed by atoms with E-state index in [0.29, 0.717) is 31.4 Å². The molecule has 1 heterocycles. The van der Waals surface area contributed by atoms with Gasteiger partial charge in [-0.3, -0.25) is 9.59 Å². The number of para-hydroxylation sites is 1. The summed E-state index contributed by atoms with van der Waals surface area (Å²) in [6.45, 7) is 0.540. The molecule has 30 heavy (non-hydrogen) atoms. The Kier molecular flexibility index (Phi) is 7.84. The van der Waals surface area contributed by atoms with Gasteiger partial charge in [0.25, 0.3) is 0 Å². The van der Waals surface area contributed by atoms with Crippen molar-refractivity contribution >= 4 is 11.8 Å². The van der Waals surface area contributed by atoms with Crippen molar-refractivity contribution in [1.29, 1.82) is 0 Å². The minimum atomic E-state index is -0.762. The lowest BCUT2D eigenvalue weighted by Gasteiger charge is -2.11. The van der Waals surface area contributed by atoms with E-state index in [2.05, 4.69) is 0 Å². The standard InChI is InChI=1S/C25H26O5/c26-22(19-11-13-21(14-12-19)24-9-6-18-30-24)16-15-20-7-3-4-8-23(20)29-17-5-1-2-10-25(27)28/h3-4,6-9,11-14,18H,1-2,5,10,15-17H2,(H,27,28). The first-order chi connectivity index (χ1) is 14.6. The van der Waals surface area contributed by atoms with Crippen LogP contribution in [0.4, 0.5) is 0 Å². The summed E-state index contributed by atoms with van der Waals surface area (Å²) < 4.78 is 11.2. The van der Waals surface area contributed by atoms with E-state index in [1.165, 1.54) is 0 Å². The highest BCUT2D eigenvalue weighted by Crippen LogP contribution is 2.23. The fraction of sp³-hybridized carbons (Fsp3) is 0.280. The fourth-order valence-corrected chi connectivity index (χ4v) is 3.24. The lowest BCUT2D eigenvalue weighted by molar-refractivity contribution is -0.137. The number of carboxylic acid groups (broad SMARTS) is 1. The molecule has 0 aliphatic rings. The van der Waals surface area contributed by atoms with Crippen molar-refractivity contribution < 1.29 is 23.8 Å². The molecule has 5 nitrogen and oxygen atoms in total. The van der Waals surface area contributed by atoms with Crippen molar-refractivity contribution in [3.05, 3.63) is 78.1 Å². The number of benzene rings is 2. The Morgan fingerprint density at radius 1 is 0.867 bits per heavy atom. The average molecular weight is 406 g/mol. The molecule has 3 rings (SSSR count). The fourth-order valence-electron chi connectivity index (χ4n) is 3.24. The maximum Gasteiger partial charge on any atom is 0.303 e. The van der Waals surface area contributed by atoms with E-state index >= 15 is 0 Å². The van der Waals surface area contributed by atoms with Gasteiger partial charge in [0.2, 0.25) is 0 Å². The maximum absolute atomic E-state index is 12.6. The second-order valence-electron chi connectivity index (χ2n) is 7.14. The van der Waals surface area contributed by atoms with Crippen LogP contribution in [0.2, 0.25) is 0 Å². The van der Waals surface area contributed by atoms with Gasteiger partial charge in [0.15, 0.2) is 5.78 Å². The number of carbonyl (C=O) groups excluding carboxylic acids is 1. The van der Waals surface area contributed by atoms with E-state index < -0.39 is 5.97 Å². The van der Waals surface area contributed by atoms with Crippen molar-refractivity contribution in [2.24, 2.45) is 0 Å². The second kappa shape index (κ2) is 11.0. The highest BCUT2D eigenvalue weighted by atomic mass is 16.5. The number of furan rings is 1. The molecule has 3 aromatic rings. The van der Waals surface area contributed by atoms with E-state index in [1.807, 2.05) is 60.7 Å². The molecule has 0 radical (unpaired) electrons. The third-order valence-electron chi connectivity index (χ3n) is 4.90. The molecule has 0 fully saturated rings. The smallest absolute Gasteiger partial charge is 0.303 e. The van der Waals surface area contributed by atoms with Gasteiger partial charge in [0.1, 0.15) is 11.5 Å². The average Bonchev–Trinajstić information content (AvgIpc) is 3.30. The number of unbranched alkanes of at least 4 members (excludes halogenated alkanes) is 2. The molecule has 1 N–H and O–H groups in total. The molecule has 0 saturated carbocycles. The minimum Gasteiger partial charge on any atom is -0.493 e. The first-order valence-electron chi connectivity index (χ1n) is 10.2. The Labute approximate surface area is 176 Å². The largest absolute Gasteiger partial charge is 0.493 e. The monoisotopic (exact) mass is 406 g/mol. The molecule has 0 atom stereocenters.